The number of ether oxygens (including phenoxy) is 1. The maximum atomic E-state index is 11.6. The highest BCUT2D eigenvalue weighted by molar-refractivity contribution is 9.09. The van der Waals surface area contributed by atoms with Crippen molar-refractivity contribution in [3.05, 3.63) is 0 Å². The van der Waals surface area contributed by atoms with E-state index in [1.54, 1.807) is 4.90 Å². The number of nitrogens with zero attached hydrogens (tertiary/aromatic N) is 1. The minimum atomic E-state index is -0.241. The first-order chi connectivity index (χ1) is 7.19. The molecule has 0 aromatic rings. The summed E-state index contributed by atoms with van der Waals surface area (Å²) in [6, 6.07) is 0.0243. The van der Waals surface area contributed by atoms with E-state index in [9.17, 15) is 9.59 Å². The molecule has 4 nitrogen and oxygen atoms in total. The summed E-state index contributed by atoms with van der Waals surface area (Å²) in [6.45, 7) is 0.756. The minimum Gasteiger partial charge on any atom is -0.469 e. The molecule has 0 saturated carbocycles. The summed E-state index contributed by atoms with van der Waals surface area (Å²) in [5.74, 6) is -0.183. The lowest BCUT2D eigenvalue weighted by Gasteiger charge is -2.34. The second kappa shape index (κ2) is 6.10. The van der Waals surface area contributed by atoms with Crippen LogP contribution >= 0.6 is 15.9 Å². The van der Waals surface area contributed by atoms with Gasteiger partial charge in [0.15, 0.2) is 0 Å². The molecule has 1 atom stereocenters. The Morgan fingerprint density at radius 2 is 2.20 bits per heavy atom. The fourth-order valence-corrected chi connectivity index (χ4v) is 2.22. The Balaban J connectivity index is 2.57. The average molecular weight is 278 g/mol. The fraction of sp³-hybridized carbons (Fsp3) is 0.800. The van der Waals surface area contributed by atoms with Crippen LogP contribution in [0.5, 0.6) is 0 Å². The van der Waals surface area contributed by atoms with E-state index in [0.29, 0.717) is 11.8 Å². The third-order valence-corrected chi connectivity index (χ3v) is 3.17. The minimum absolute atomic E-state index is 0.0243. The summed E-state index contributed by atoms with van der Waals surface area (Å²) in [5.41, 5.74) is 0. The van der Waals surface area contributed by atoms with Gasteiger partial charge in [0.1, 0.15) is 0 Å². The van der Waals surface area contributed by atoms with Crippen molar-refractivity contribution in [2.45, 2.75) is 31.7 Å². The van der Waals surface area contributed by atoms with E-state index in [1.807, 2.05) is 0 Å². The molecule has 15 heavy (non-hydrogen) atoms. The molecule has 0 aromatic heterocycles. The molecule has 1 unspecified atom stereocenters. The van der Waals surface area contributed by atoms with E-state index in [0.717, 1.165) is 25.8 Å². The lowest BCUT2D eigenvalue weighted by molar-refractivity contribution is -0.144. The first kappa shape index (κ1) is 12.5. The van der Waals surface area contributed by atoms with E-state index in [4.69, 9.17) is 0 Å². The van der Waals surface area contributed by atoms with Crippen molar-refractivity contribution in [1.29, 1.82) is 0 Å². The van der Waals surface area contributed by atoms with Crippen molar-refractivity contribution in [3.63, 3.8) is 0 Å². The van der Waals surface area contributed by atoms with Gasteiger partial charge in [-0.15, -0.1) is 0 Å². The molecule has 1 saturated heterocycles. The number of halogens is 1. The molecule has 5 heteroatoms. The number of likely N-dealkylation sites (tertiary alicyclic amines) is 1. The highest BCUT2D eigenvalue weighted by atomic mass is 79.9. The Morgan fingerprint density at radius 3 is 2.80 bits per heavy atom. The summed E-state index contributed by atoms with van der Waals surface area (Å²) in [6.07, 6.45) is 3.31. The molecule has 0 radical (unpaired) electrons. The molecule has 1 aliphatic heterocycles. The topological polar surface area (TPSA) is 46.6 Å². The van der Waals surface area contributed by atoms with Crippen LogP contribution in [0.4, 0.5) is 0 Å². The van der Waals surface area contributed by atoms with Crippen LogP contribution in [0.3, 0.4) is 0 Å². The maximum Gasteiger partial charge on any atom is 0.307 e. The van der Waals surface area contributed by atoms with Crippen LogP contribution in [0.1, 0.15) is 25.7 Å². The third-order valence-electron chi connectivity index (χ3n) is 2.69. The van der Waals surface area contributed by atoms with Crippen molar-refractivity contribution in [2.75, 3.05) is 19.0 Å². The van der Waals surface area contributed by atoms with Crippen LogP contribution in [-0.2, 0) is 14.3 Å². The highest BCUT2D eigenvalue weighted by Gasteiger charge is 2.27. The Kier molecular flexibility index (Phi) is 5.08. The largest absolute Gasteiger partial charge is 0.469 e. The first-order valence-corrected chi connectivity index (χ1v) is 6.23. The molecule has 0 aliphatic carbocycles. The van der Waals surface area contributed by atoms with Crippen LogP contribution in [0.2, 0.25) is 0 Å². The zero-order valence-corrected chi connectivity index (χ0v) is 10.5. The molecule has 0 aromatic carbocycles. The predicted octanol–water partition coefficient (Wildman–Crippen LogP) is 1.33. The van der Waals surface area contributed by atoms with Gasteiger partial charge >= 0.3 is 5.97 Å². The monoisotopic (exact) mass is 277 g/mol. The Bertz CT molecular complexity index is 245. The van der Waals surface area contributed by atoms with Crippen molar-refractivity contribution in [3.8, 4) is 0 Å². The predicted molar refractivity (Wildman–Crippen MR) is 59.8 cm³/mol. The zero-order chi connectivity index (χ0) is 11.3. The standard InChI is InChI=1S/C10H16BrNO3/c1-15-10(14)6-8-4-2-3-5-12(8)9(13)7-11/h8H,2-7H2,1H3. The molecular weight excluding hydrogens is 262 g/mol. The Labute approximate surface area is 98.1 Å². The molecule has 0 bridgehead atoms. The van der Waals surface area contributed by atoms with Crippen molar-refractivity contribution in [1.82, 2.24) is 4.90 Å². The molecule has 1 amide bonds. The number of carbonyl (C=O) groups is 2. The highest BCUT2D eigenvalue weighted by Crippen LogP contribution is 2.20. The number of hydrogen-bond donors (Lipinski definition) is 0. The van der Waals surface area contributed by atoms with Gasteiger partial charge in [0.05, 0.1) is 18.9 Å². The number of esters is 1. The van der Waals surface area contributed by atoms with Crippen LogP contribution in [0.15, 0.2) is 0 Å². The molecule has 0 N–H and O–H groups in total. The quantitative estimate of drug-likeness (QED) is 0.578. The summed E-state index contributed by atoms with van der Waals surface area (Å²) in [4.78, 5) is 24.5. The van der Waals surface area contributed by atoms with Crippen LogP contribution in [-0.4, -0.2) is 41.8 Å². The molecule has 1 aliphatic rings. The lowest BCUT2D eigenvalue weighted by Crippen LogP contribution is -2.45. The third kappa shape index (κ3) is 3.48. The number of hydrogen-bond acceptors (Lipinski definition) is 3. The second-order valence-electron chi connectivity index (χ2n) is 3.65. The van der Waals surface area contributed by atoms with Crippen LogP contribution in [0.25, 0.3) is 0 Å². The van der Waals surface area contributed by atoms with E-state index in [1.165, 1.54) is 7.11 Å². The van der Waals surface area contributed by atoms with Crippen LogP contribution in [0, 0.1) is 0 Å². The van der Waals surface area contributed by atoms with E-state index in [-0.39, 0.29) is 17.9 Å². The number of methoxy groups -OCH3 is 1. The molecule has 1 fully saturated rings. The van der Waals surface area contributed by atoms with E-state index in [2.05, 4.69) is 20.7 Å². The average Bonchev–Trinajstić information content (AvgIpc) is 2.28. The van der Waals surface area contributed by atoms with Gasteiger partial charge in [-0.3, -0.25) is 9.59 Å². The second-order valence-corrected chi connectivity index (χ2v) is 4.21. The molecule has 1 heterocycles. The zero-order valence-electron chi connectivity index (χ0n) is 8.87. The smallest absolute Gasteiger partial charge is 0.307 e. The number of carbonyl (C=O) groups excluding carboxylic acids is 2. The molecule has 1 rings (SSSR count). The Hall–Kier alpha value is -0.580. The van der Waals surface area contributed by atoms with Gasteiger partial charge in [-0.25, -0.2) is 0 Å². The van der Waals surface area contributed by atoms with Gasteiger partial charge in [-0.2, -0.15) is 0 Å². The number of amides is 1. The van der Waals surface area contributed by atoms with Gasteiger partial charge in [-0.05, 0) is 19.3 Å². The van der Waals surface area contributed by atoms with Crippen molar-refractivity contribution >= 4 is 27.8 Å². The lowest BCUT2D eigenvalue weighted by atomic mass is 9.99. The summed E-state index contributed by atoms with van der Waals surface area (Å²) < 4.78 is 4.63. The Morgan fingerprint density at radius 1 is 1.47 bits per heavy atom. The molecule has 0 spiro atoms. The first-order valence-electron chi connectivity index (χ1n) is 5.11. The van der Waals surface area contributed by atoms with Gasteiger partial charge in [-0.1, -0.05) is 15.9 Å². The van der Waals surface area contributed by atoms with E-state index >= 15 is 0 Å². The summed E-state index contributed by atoms with van der Waals surface area (Å²) >= 11 is 3.15. The number of rotatable bonds is 3. The normalized spacial score (nSPS) is 21.2. The van der Waals surface area contributed by atoms with Crippen LogP contribution < -0.4 is 0 Å². The number of alkyl halides is 1. The van der Waals surface area contributed by atoms with Gasteiger partial charge < -0.3 is 9.64 Å². The number of piperidine rings is 1. The summed E-state index contributed by atoms with van der Waals surface area (Å²) in [5, 5.41) is 0.324. The van der Waals surface area contributed by atoms with Gasteiger partial charge in [0.25, 0.3) is 0 Å². The van der Waals surface area contributed by atoms with Gasteiger partial charge in [0, 0.05) is 12.6 Å². The van der Waals surface area contributed by atoms with Crippen molar-refractivity contribution in [2.24, 2.45) is 0 Å². The maximum absolute atomic E-state index is 11.6. The van der Waals surface area contributed by atoms with E-state index < -0.39 is 0 Å². The molecule has 86 valence electrons. The van der Waals surface area contributed by atoms with Crippen molar-refractivity contribution < 1.29 is 14.3 Å². The van der Waals surface area contributed by atoms with Gasteiger partial charge in [0.2, 0.25) is 5.91 Å². The fourth-order valence-electron chi connectivity index (χ4n) is 1.89. The summed E-state index contributed by atoms with van der Waals surface area (Å²) in [7, 11) is 1.38. The molecular formula is C10H16BrNO3. The SMILES string of the molecule is COC(=O)CC1CCCCN1C(=O)CBr.